The zero-order chi connectivity index (χ0) is 8.67. The van der Waals surface area contributed by atoms with Crippen LogP contribution in [0.4, 0.5) is 5.82 Å². The standard InChI is InChI=1S/C10H9N3/c1-2-6-13-7-8-4-5-11-10(8)12-9(13)3-1/h1-6,11H,7H2. The number of amidine groups is 1. The zero-order valence-corrected chi connectivity index (χ0v) is 7.07. The molecule has 0 fully saturated rings. The van der Waals surface area contributed by atoms with E-state index in [1.54, 1.807) is 0 Å². The number of nitrogens with zero attached hydrogens (tertiary/aromatic N) is 2. The maximum atomic E-state index is 4.48. The van der Waals surface area contributed by atoms with Gasteiger partial charge in [0.15, 0.2) is 0 Å². The fourth-order valence-corrected chi connectivity index (χ4v) is 1.63. The van der Waals surface area contributed by atoms with Crippen molar-refractivity contribution < 1.29 is 0 Å². The molecular formula is C10H9N3. The summed E-state index contributed by atoms with van der Waals surface area (Å²) in [6, 6.07) is 2.07. The second kappa shape index (κ2) is 2.36. The topological polar surface area (TPSA) is 31.4 Å². The van der Waals surface area contributed by atoms with Gasteiger partial charge in [0, 0.05) is 18.0 Å². The first-order valence-corrected chi connectivity index (χ1v) is 4.30. The van der Waals surface area contributed by atoms with Gasteiger partial charge >= 0.3 is 0 Å². The van der Waals surface area contributed by atoms with Gasteiger partial charge in [-0.05, 0) is 18.2 Å². The molecule has 3 rings (SSSR count). The summed E-state index contributed by atoms with van der Waals surface area (Å²) in [7, 11) is 0. The van der Waals surface area contributed by atoms with Gasteiger partial charge in [0.2, 0.25) is 0 Å². The van der Waals surface area contributed by atoms with E-state index in [0.29, 0.717) is 0 Å². The number of allylic oxidation sites excluding steroid dienone is 2. The second-order valence-corrected chi connectivity index (χ2v) is 3.15. The lowest BCUT2D eigenvalue weighted by Gasteiger charge is -2.25. The molecule has 3 nitrogen and oxygen atoms in total. The Kier molecular flexibility index (Phi) is 1.22. The minimum Gasteiger partial charge on any atom is -0.346 e. The lowest BCUT2D eigenvalue weighted by atomic mass is 10.2. The molecule has 0 amide bonds. The molecular weight excluding hydrogens is 162 g/mol. The summed E-state index contributed by atoms with van der Waals surface area (Å²) in [6.07, 6.45) is 10.0. The van der Waals surface area contributed by atoms with Crippen LogP contribution in [0.25, 0.3) is 0 Å². The van der Waals surface area contributed by atoms with Crippen molar-refractivity contribution in [1.82, 2.24) is 9.88 Å². The molecule has 3 heterocycles. The summed E-state index contributed by atoms with van der Waals surface area (Å²) >= 11 is 0. The normalized spacial score (nSPS) is 18.2. The van der Waals surface area contributed by atoms with Crippen LogP contribution in [0.2, 0.25) is 0 Å². The van der Waals surface area contributed by atoms with Crippen molar-refractivity contribution in [3.63, 3.8) is 0 Å². The quantitative estimate of drug-likeness (QED) is 0.635. The minimum atomic E-state index is 0.915. The van der Waals surface area contributed by atoms with Crippen LogP contribution in [0.5, 0.6) is 0 Å². The van der Waals surface area contributed by atoms with E-state index in [9.17, 15) is 0 Å². The first-order valence-electron chi connectivity index (χ1n) is 4.30. The third kappa shape index (κ3) is 0.935. The van der Waals surface area contributed by atoms with E-state index in [1.165, 1.54) is 5.56 Å². The maximum Gasteiger partial charge on any atom is 0.137 e. The average molecular weight is 171 g/mol. The third-order valence-electron chi connectivity index (χ3n) is 2.29. The van der Waals surface area contributed by atoms with Crippen LogP contribution < -0.4 is 0 Å². The van der Waals surface area contributed by atoms with Crippen LogP contribution in [-0.2, 0) is 6.54 Å². The van der Waals surface area contributed by atoms with E-state index in [0.717, 1.165) is 18.2 Å². The largest absolute Gasteiger partial charge is 0.346 e. The van der Waals surface area contributed by atoms with E-state index in [2.05, 4.69) is 27.1 Å². The molecule has 0 radical (unpaired) electrons. The van der Waals surface area contributed by atoms with Crippen LogP contribution in [-0.4, -0.2) is 15.7 Å². The van der Waals surface area contributed by atoms with Crippen molar-refractivity contribution in [2.45, 2.75) is 6.54 Å². The molecule has 1 aromatic heterocycles. The van der Waals surface area contributed by atoms with Gasteiger partial charge in [-0.1, -0.05) is 6.08 Å². The second-order valence-electron chi connectivity index (χ2n) is 3.15. The molecule has 2 aliphatic rings. The number of aliphatic imine (C=N–C) groups is 1. The Morgan fingerprint density at radius 1 is 1.38 bits per heavy atom. The number of aromatic amines is 1. The fraction of sp³-hybridized carbons (Fsp3) is 0.100. The number of nitrogens with one attached hydrogen (secondary N) is 1. The Morgan fingerprint density at radius 2 is 2.38 bits per heavy atom. The Bertz CT molecular complexity index is 423. The van der Waals surface area contributed by atoms with Crippen molar-refractivity contribution in [2.75, 3.05) is 0 Å². The minimum absolute atomic E-state index is 0.915. The molecule has 2 aliphatic heterocycles. The molecule has 0 aliphatic carbocycles. The molecule has 3 heteroatoms. The molecule has 64 valence electrons. The number of hydrogen-bond acceptors (Lipinski definition) is 2. The zero-order valence-electron chi connectivity index (χ0n) is 7.07. The van der Waals surface area contributed by atoms with Crippen molar-refractivity contribution in [1.29, 1.82) is 0 Å². The molecule has 0 spiro atoms. The van der Waals surface area contributed by atoms with E-state index >= 15 is 0 Å². The van der Waals surface area contributed by atoms with Gasteiger partial charge in [-0.3, -0.25) is 0 Å². The Hall–Kier alpha value is -1.77. The summed E-state index contributed by atoms with van der Waals surface area (Å²) in [5.74, 6) is 2.00. The number of hydrogen-bond donors (Lipinski definition) is 1. The summed E-state index contributed by atoms with van der Waals surface area (Å²) in [5.41, 5.74) is 1.25. The smallest absolute Gasteiger partial charge is 0.137 e. The highest BCUT2D eigenvalue weighted by Gasteiger charge is 2.17. The Labute approximate surface area is 76.1 Å². The van der Waals surface area contributed by atoms with Gasteiger partial charge in [0.1, 0.15) is 11.7 Å². The molecule has 0 bridgehead atoms. The highest BCUT2D eigenvalue weighted by molar-refractivity contribution is 5.97. The highest BCUT2D eigenvalue weighted by atomic mass is 15.2. The predicted octanol–water partition coefficient (Wildman–Crippen LogP) is 1.94. The van der Waals surface area contributed by atoms with Gasteiger partial charge < -0.3 is 9.88 Å². The molecule has 13 heavy (non-hydrogen) atoms. The van der Waals surface area contributed by atoms with Crippen molar-refractivity contribution in [2.24, 2.45) is 4.99 Å². The van der Waals surface area contributed by atoms with Gasteiger partial charge in [-0.25, -0.2) is 4.99 Å². The van der Waals surface area contributed by atoms with Crippen LogP contribution >= 0.6 is 0 Å². The van der Waals surface area contributed by atoms with Gasteiger partial charge in [0.05, 0.1) is 6.54 Å². The third-order valence-corrected chi connectivity index (χ3v) is 2.29. The van der Waals surface area contributed by atoms with Gasteiger partial charge in [0.25, 0.3) is 0 Å². The van der Waals surface area contributed by atoms with Crippen LogP contribution in [0, 0.1) is 0 Å². The first-order chi connectivity index (χ1) is 6.43. The molecule has 0 saturated heterocycles. The molecule has 1 aromatic rings. The monoisotopic (exact) mass is 171 g/mol. The first kappa shape index (κ1) is 6.71. The Morgan fingerprint density at radius 3 is 3.38 bits per heavy atom. The summed E-state index contributed by atoms with van der Waals surface area (Å²) in [6.45, 7) is 0.915. The number of rotatable bonds is 0. The number of fused-ring (bicyclic) bond motifs is 2. The van der Waals surface area contributed by atoms with Crippen molar-refractivity contribution in [3.8, 4) is 0 Å². The summed E-state index contributed by atoms with van der Waals surface area (Å²) in [4.78, 5) is 9.73. The van der Waals surface area contributed by atoms with Crippen LogP contribution in [0.15, 0.2) is 41.7 Å². The number of H-pyrrole nitrogens is 1. The summed E-state index contributed by atoms with van der Waals surface area (Å²) in [5, 5.41) is 0. The number of aromatic nitrogens is 1. The van der Waals surface area contributed by atoms with Gasteiger partial charge in [-0.15, -0.1) is 0 Å². The van der Waals surface area contributed by atoms with Crippen LogP contribution in [0.1, 0.15) is 5.56 Å². The summed E-state index contributed by atoms with van der Waals surface area (Å²) < 4.78 is 0. The lowest BCUT2D eigenvalue weighted by Crippen LogP contribution is -2.27. The Balaban J connectivity index is 2.13. The SMILES string of the molecule is C1=CC2=Nc3[nH]ccc3CN2C=C1. The van der Waals surface area contributed by atoms with Crippen LogP contribution in [0.3, 0.4) is 0 Å². The highest BCUT2D eigenvalue weighted by Crippen LogP contribution is 2.25. The molecule has 1 N–H and O–H groups in total. The van der Waals surface area contributed by atoms with Gasteiger partial charge in [-0.2, -0.15) is 0 Å². The average Bonchev–Trinajstić information content (AvgIpc) is 2.61. The van der Waals surface area contributed by atoms with E-state index < -0.39 is 0 Å². The maximum absolute atomic E-state index is 4.48. The van der Waals surface area contributed by atoms with E-state index in [1.807, 2.05) is 24.4 Å². The van der Waals surface area contributed by atoms with E-state index in [-0.39, 0.29) is 0 Å². The molecule has 0 atom stereocenters. The van der Waals surface area contributed by atoms with E-state index in [4.69, 9.17) is 0 Å². The fourth-order valence-electron chi connectivity index (χ4n) is 1.63. The van der Waals surface area contributed by atoms with Crippen molar-refractivity contribution in [3.05, 3.63) is 42.3 Å². The lowest BCUT2D eigenvalue weighted by molar-refractivity contribution is 0.544. The molecule has 0 aromatic carbocycles. The molecule has 0 unspecified atom stereocenters. The predicted molar refractivity (Wildman–Crippen MR) is 51.7 cm³/mol. The molecule has 0 saturated carbocycles. The van der Waals surface area contributed by atoms with Crippen molar-refractivity contribution >= 4 is 11.7 Å².